The highest BCUT2D eigenvalue weighted by atomic mass is 35.5. The third-order valence-corrected chi connectivity index (χ3v) is 4.85. The Hall–Kier alpha value is -0.670. The highest BCUT2D eigenvalue weighted by molar-refractivity contribution is 7.98. The molecule has 0 aliphatic carbocycles. The van der Waals surface area contributed by atoms with Gasteiger partial charge in [0.05, 0.1) is 10.0 Å². The Kier molecular flexibility index (Phi) is 6.43. The molecule has 1 N–H and O–H groups in total. The molecule has 0 atom stereocenters. The summed E-state index contributed by atoms with van der Waals surface area (Å²) in [6.45, 7) is 5.22. The molecule has 21 heavy (non-hydrogen) atoms. The van der Waals surface area contributed by atoms with Gasteiger partial charge < -0.3 is 5.32 Å². The van der Waals surface area contributed by atoms with Crippen molar-refractivity contribution in [3.63, 3.8) is 0 Å². The lowest BCUT2D eigenvalue weighted by Crippen LogP contribution is -2.21. The van der Waals surface area contributed by atoms with E-state index in [2.05, 4.69) is 43.4 Å². The van der Waals surface area contributed by atoms with Gasteiger partial charge in [-0.3, -0.25) is 0 Å². The molecule has 0 aliphatic heterocycles. The normalized spacial score (nSPS) is 11.1. The van der Waals surface area contributed by atoms with Gasteiger partial charge in [0, 0.05) is 23.2 Å². The van der Waals surface area contributed by atoms with Gasteiger partial charge >= 0.3 is 0 Å². The zero-order valence-corrected chi connectivity index (χ0v) is 14.5. The van der Waals surface area contributed by atoms with E-state index < -0.39 is 0 Å². The molecule has 0 heterocycles. The minimum Gasteiger partial charge on any atom is -0.310 e. The lowest BCUT2D eigenvalue weighted by molar-refractivity contribution is 0.588. The van der Waals surface area contributed by atoms with E-state index in [1.54, 1.807) is 11.8 Å². The van der Waals surface area contributed by atoms with E-state index in [1.165, 1.54) is 16.0 Å². The molecule has 0 saturated heterocycles. The van der Waals surface area contributed by atoms with Crippen LogP contribution in [0.5, 0.6) is 0 Å². The van der Waals surface area contributed by atoms with Crippen molar-refractivity contribution in [1.29, 1.82) is 0 Å². The van der Waals surface area contributed by atoms with Gasteiger partial charge in [0.15, 0.2) is 0 Å². The minimum atomic E-state index is 0.508. The maximum Gasteiger partial charge on any atom is 0.0595 e. The van der Waals surface area contributed by atoms with Crippen LogP contribution in [0.25, 0.3) is 0 Å². The fraction of sp³-hybridized carbons (Fsp3) is 0.294. The minimum absolute atomic E-state index is 0.508. The Labute approximate surface area is 141 Å². The maximum atomic E-state index is 6.03. The number of nitrogens with one attached hydrogen (secondary N) is 1. The fourth-order valence-corrected chi connectivity index (χ4v) is 2.98. The van der Waals surface area contributed by atoms with E-state index >= 15 is 0 Å². The summed E-state index contributed by atoms with van der Waals surface area (Å²) in [5, 5.41) is 4.64. The van der Waals surface area contributed by atoms with Crippen LogP contribution in [0.1, 0.15) is 25.0 Å². The Bertz CT molecular complexity index is 582. The predicted molar refractivity (Wildman–Crippen MR) is 94.4 cm³/mol. The van der Waals surface area contributed by atoms with Crippen LogP contribution in [0, 0.1) is 0 Å². The van der Waals surface area contributed by atoms with Crippen molar-refractivity contribution in [2.75, 3.05) is 0 Å². The Morgan fingerprint density at radius 2 is 1.62 bits per heavy atom. The molecule has 2 aromatic carbocycles. The van der Waals surface area contributed by atoms with Crippen LogP contribution >= 0.6 is 35.0 Å². The van der Waals surface area contributed by atoms with Crippen LogP contribution in [0.3, 0.4) is 0 Å². The Morgan fingerprint density at radius 3 is 2.24 bits per heavy atom. The smallest absolute Gasteiger partial charge is 0.0595 e. The van der Waals surface area contributed by atoms with Crippen LogP contribution < -0.4 is 5.32 Å². The molecule has 0 aliphatic rings. The average Bonchev–Trinajstić information content (AvgIpc) is 2.47. The zero-order chi connectivity index (χ0) is 15.2. The highest BCUT2D eigenvalue weighted by Crippen LogP contribution is 2.27. The molecule has 112 valence electrons. The summed E-state index contributed by atoms with van der Waals surface area (Å²) in [7, 11) is 0. The number of thioether (sulfide) groups is 1. The quantitative estimate of drug-likeness (QED) is 0.669. The number of rotatable bonds is 6. The van der Waals surface area contributed by atoms with Crippen LogP contribution in [-0.2, 0) is 12.3 Å². The first-order chi connectivity index (χ1) is 10.0. The van der Waals surface area contributed by atoms with E-state index in [0.29, 0.717) is 16.1 Å². The molecule has 0 bridgehead atoms. The van der Waals surface area contributed by atoms with Crippen molar-refractivity contribution >= 4 is 35.0 Å². The van der Waals surface area contributed by atoms with E-state index in [4.69, 9.17) is 23.2 Å². The molecule has 0 aromatic heterocycles. The summed E-state index contributed by atoms with van der Waals surface area (Å²) in [6.07, 6.45) is 0. The average molecular weight is 340 g/mol. The zero-order valence-electron chi connectivity index (χ0n) is 12.2. The van der Waals surface area contributed by atoms with Gasteiger partial charge in [-0.05, 0) is 35.4 Å². The third-order valence-electron chi connectivity index (χ3n) is 3.03. The summed E-state index contributed by atoms with van der Waals surface area (Å²) in [4.78, 5) is 1.26. The van der Waals surface area contributed by atoms with Crippen molar-refractivity contribution < 1.29 is 0 Å². The van der Waals surface area contributed by atoms with Crippen molar-refractivity contribution in [1.82, 2.24) is 5.32 Å². The van der Waals surface area contributed by atoms with E-state index in [1.807, 2.05) is 18.2 Å². The van der Waals surface area contributed by atoms with Crippen molar-refractivity contribution in [2.45, 2.75) is 37.1 Å². The van der Waals surface area contributed by atoms with Crippen LogP contribution in [0.15, 0.2) is 47.4 Å². The Morgan fingerprint density at radius 1 is 0.952 bits per heavy atom. The summed E-state index contributed by atoms with van der Waals surface area (Å²) in [6, 6.07) is 15.0. The SMILES string of the molecule is CC(C)NCc1ccc(SCc2ccc(Cl)c(Cl)c2)cc1. The van der Waals surface area contributed by atoms with Gasteiger partial charge in [-0.15, -0.1) is 11.8 Å². The van der Waals surface area contributed by atoms with Gasteiger partial charge in [-0.25, -0.2) is 0 Å². The maximum absolute atomic E-state index is 6.03. The van der Waals surface area contributed by atoms with Crippen molar-refractivity contribution in [2.24, 2.45) is 0 Å². The second-order valence-electron chi connectivity index (χ2n) is 5.22. The van der Waals surface area contributed by atoms with E-state index in [-0.39, 0.29) is 0 Å². The molecular weight excluding hydrogens is 321 g/mol. The standard InChI is InChI=1S/C17H19Cl2NS/c1-12(2)20-10-13-3-6-15(7-4-13)21-11-14-5-8-16(18)17(19)9-14/h3-9,12,20H,10-11H2,1-2H3. The topological polar surface area (TPSA) is 12.0 Å². The second-order valence-corrected chi connectivity index (χ2v) is 7.08. The number of halogens is 2. The van der Waals surface area contributed by atoms with Crippen LogP contribution in [-0.4, -0.2) is 6.04 Å². The largest absolute Gasteiger partial charge is 0.310 e. The first-order valence-electron chi connectivity index (χ1n) is 6.93. The first kappa shape index (κ1) is 16.7. The summed E-state index contributed by atoms with van der Waals surface area (Å²) in [5.74, 6) is 0.889. The van der Waals surface area contributed by atoms with Crippen LogP contribution in [0.2, 0.25) is 10.0 Å². The van der Waals surface area contributed by atoms with Gasteiger partial charge in [-0.2, -0.15) is 0 Å². The molecule has 1 nitrogen and oxygen atoms in total. The lowest BCUT2D eigenvalue weighted by atomic mass is 10.2. The molecule has 0 saturated carbocycles. The number of hydrogen-bond donors (Lipinski definition) is 1. The summed E-state index contributed by atoms with van der Waals surface area (Å²) < 4.78 is 0. The third kappa shape index (κ3) is 5.55. The molecule has 2 aromatic rings. The fourth-order valence-electron chi connectivity index (χ4n) is 1.82. The highest BCUT2D eigenvalue weighted by Gasteiger charge is 2.01. The monoisotopic (exact) mass is 339 g/mol. The predicted octanol–water partition coefficient (Wildman–Crippen LogP) is 5.78. The summed E-state index contributed by atoms with van der Waals surface area (Å²) >= 11 is 13.7. The van der Waals surface area contributed by atoms with Gasteiger partial charge in [0.2, 0.25) is 0 Å². The van der Waals surface area contributed by atoms with Gasteiger partial charge in [-0.1, -0.05) is 55.2 Å². The Balaban J connectivity index is 1.89. The lowest BCUT2D eigenvalue weighted by Gasteiger charge is -2.09. The molecule has 2 rings (SSSR count). The molecule has 0 radical (unpaired) electrons. The molecule has 0 fully saturated rings. The van der Waals surface area contributed by atoms with Crippen molar-refractivity contribution in [3.8, 4) is 0 Å². The molecule has 0 spiro atoms. The second kappa shape index (κ2) is 8.09. The summed E-state index contributed by atoms with van der Waals surface area (Å²) in [5.41, 5.74) is 2.49. The molecule has 4 heteroatoms. The molecule has 0 amide bonds. The van der Waals surface area contributed by atoms with Crippen LogP contribution in [0.4, 0.5) is 0 Å². The first-order valence-corrected chi connectivity index (χ1v) is 8.68. The molecule has 0 unspecified atom stereocenters. The van der Waals surface area contributed by atoms with Gasteiger partial charge in [0.1, 0.15) is 0 Å². The van der Waals surface area contributed by atoms with E-state index in [9.17, 15) is 0 Å². The van der Waals surface area contributed by atoms with Gasteiger partial charge in [0.25, 0.3) is 0 Å². The van der Waals surface area contributed by atoms with E-state index in [0.717, 1.165) is 12.3 Å². The molecular formula is C17H19Cl2NS. The number of hydrogen-bond acceptors (Lipinski definition) is 2. The van der Waals surface area contributed by atoms with Crippen molar-refractivity contribution in [3.05, 3.63) is 63.6 Å². The number of benzene rings is 2.